The lowest BCUT2D eigenvalue weighted by Crippen LogP contribution is -2.20. The van der Waals surface area contributed by atoms with Crippen molar-refractivity contribution in [3.8, 4) is 0 Å². The number of nitrogens with zero attached hydrogens (tertiary/aromatic N) is 2. The minimum absolute atomic E-state index is 0.491. The minimum atomic E-state index is -3.71. The molecule has 0 amide bonds. The molecule has 0 aliphatic rings. The summed E-state index contributed by atoms with van der Waals surface area (Å²) in [5.74, 6) is 0. The van der Waals surface area contributed by atoms with Crippen molar-refractivity contribution in [2.24, 2.45) is 5.14 Å². The Hall–Kier alpha value is -1.40. The average molecular weight is 197 g/mol. The van der Waals surface area contributed by atoms with Crippen LogP contribution in [0.1, 0.15) is 0 Å². The Morgan fingerprint density at radius 1 is 1.38 bits per heavy atom. The number of rotatable bonds is 1. The first-order valence-electron chi connectivity index (χ1n) is 3.54. The molecule has 0 unspecified atom stereocenters. The largest absolute Gasteiger partial charge is 0.302 e. The molecule has 6 heteroatoms. The molecule has 68 valence electrons. The average Bonchev–Trinajstić information content (AvgIpc) is 2.45. The second-order valence-corrected chi connectivity index (χ2v) is 3.99. The number of nitrogens with two attached hydrogens (primary N) is 1. The van der Waals surface area contributed by atoms with Gasteiger partial charge in [0, 0.05) is 12.4 Å². The number of pyridine rings is 1. The quantitative estimate of drug-likeness (QED) is 0.703. The van der Waals surface area contributed by atoms with Gasteiger partial charge in [-0.3, -0.25) is 4.98 Å². The zero-order chi connectivity index (χ0) is 9.47. The van der Waals surface area contributed by atoms with Gasteiger partial charge < -0.3 is 0 Å². The Kier molecular flexibility index (Phi) is 1.61. The van der Waals surface area contributed by atoms with Gasteiger partial charge in [-0.05, 0) is 18.2 Å². The third kappa shape index (κ3) is 1.30. The summed E-state index contributed by atoms with van der Waals surface area (Å²) in [7, 11) is -3.71. The first-order valence-corrected chi connectivity index (χ1v) is 5.05. The Balaban J connectivity index is 2.87. The fourth-order valence-corrected chi connectivity index (χ4v) is 1.82. The van der Waals surface area contributed by atoms with Gasteiger partial charge in [0.25, 0.3) is 0 Å². The smallest absolute Gasteiger partial charge is 0.255 e. The van der Waals surface area contributed by atoms with E-state index in [1.54, 1.807) is 24.4 Å². The summed E-state index contributed by atoms with van der Waals surface area (Å²) in [5.41, 5.74) is 1.10. The van der Waals surface area contributed by atoms with Crippen LogP contribution in [0.5, 0.6) is 0 Å². The molecular formula is C7H7N3O2S. The van der Waals surface area contributed by atoms with Crippen LogP contribution in [-0.2, 0) is 10.2 Å². The van der Waals surface area contributed by atoms with Crippen LogP contribution in [0.25, 0.3) is 11.0 Å². The normalized spacial score (nSPS) is 12.1. The number of hydrogen-bond acceptors (Lipinski definition) is 3. The van der Waals surface area contributed by atoms with E-state index in [0.29, 0.717) is 11.0 Å². The van der Waals surface area contributed by atoms with Gasteiger partial charge in [-0.25, -0.2) is 9.11 Å². The van der Waals surface area contributed by atoms with E-state index in [-0.39, 0.29) is 0 Å². The van der Waals surface area contributed by atoms with Crippen molar-refractivity contribution in [3.63, 3.8) is 0 Å². The summed E-state index contributed by atoms with van der Waals surface area (Å²) in [4.78, 5) is 3.97. The van der Waals surface area contributed by atoms with Crippen molar-refractivity contribution >= 4 is 21.2 Å². The molecule has 0 atom stereocenters. The van der Waals surface area contributed by atoms with Crippen molar-refractivity contribution in [1.82, 2.24) is 8.96 Å². The van der Waals surface area contributed by atoms with Crippen LogP contribution in [0, 0.1) is 0 Å². The summed E-state index contributed by atoms with van der Waals surface area (Å²) in [6.07, 6.45) is 2.98. The molecule has 2 rings (SSSR count). The summed E-state index contributed by atoms with van der Waals surface area (Å²) >= 11 is 0. The second kappa shape index (κ2) is 2.54. The van der Waals surface area contributed by atoms with Gasteiger partial charge in [0.05, 0.1) is 11.0 Å². The van der Waals surface area contributed by atoms with E-state index in [4.69, 9.17) is 5.14 Å². The molecule has 2 aromatic heterocycles. The van der Waals surface area contributed by atoms with Crippen molar-refractivity contribution < 1.29 is 8.42 Å². The minimum Gasteiger partial charge on any atom is -0.255 e. The molecule has 0 saturated carbocycles. The molecule has 0 aromatic carbocycles. The van der Waals surface area contributed by atoms with E-state index in [1.807, 2.05) is 0 Å². The number of aromatic nitrogens is 2. The highest BCUT2D eigenvalue weighted by molar-refractivity contribution is 7.87. The molecule has 2 aromatic rings. The lowest BCUT2D eigenvalue weighted by atomic mass is 10.4. The zero-order valence-electron chi connectivity index (χ0n) is 6.58. The van der Waals surface area contributed by atoms with Crippen molar-refractivity contribution in [1.29, 1.82) is 0 Å². The van der Waals surface area contributed by atoms with E-state index in [1.165, 1.54) is 6.20 Å². The molecular weight excluding hydrogens is 190 g/mol. The van der Waals surface area contributed by atoms with Crippen LogP contribution in [-0.4, -0.2) is 17.4 Å². The van der Waals surface area contributed by atoms with Gasteiger partial charge in [0.15, 0.2) is 0 Å². The molecule has 0 aliphatic carbocycles. The maximum atomic E-state index is 11.0. The first kappa shape index (κ1) is 8.21. The third-order valence-corrected chi connectivity index (χ3v) is 2.56. The third-order valence-electron chi connectivity index (χ3n) is 1.70. The maximum Gasteiger partial charge on any atom is 0.302 e. The SMILES string of the molecule is NS(=O)(=O)n1ccc2ncccc21. The van der Waals surface area contributed by atoms with Gasteiger partial charge in [-0.2, -0.15) is 8.42 Å². The van der Waals surface area contributed by atoms with Gasteiger partial charge in [0.1, 0.15) is 0 Å². The first-order chi connectivity index (χ1) is 6.09. The highest BCUT2D eigenvalue weighted by Gasteiger charge is 2.09. The predicted molar refractivity (Wildman–Crippen MR) is 48.2 cm³/mol. The van der Waals surface area contributed by atoms with E-state index in [9.17, 15) is 8.42 Å². The van der Waals surface area contributed by atoms with Crippen LogP contribution >= 0.6 is 0 Å². The molecule has 13 heavy (non-hydrogen) atoms. The molecule has 0 aliphatic heterocycles. The van der Waals surface area contributed by atoms with Gasteiger partial charge >= 0.3 is 10.2 Å². The highest BCUT2D eigenvalue weighted by atomic mass is 32.2. The topological polar surface area (TPSA) is 78.0 Å². The predicted octanol–water partition coefficient (Wildman–Crippen LogP) is 0.0879. The van der Waals surface area contributed by atoms with E-state index in [2.05, 4.69) is 4.98 Å². The van der Waals surface area contributed by atoms with E-state index in [0.717, 1.165) is 3.97 Å². The van der Waals surface area contributed by atoms with Crippen LogP contribution in [0.2, 0.25) is 0 Å². The lowest BCUT2D eigenvalue weighted by molar-refractivity contribution is 0.591. The molecule has 2 N–H and O–H groups in total. The Morgan fingerprint density at radius 2 is 2.15 bits per heavy atom. The van der Waals surface area contributed by atoms with Crippen LogP contribution in [0.15, 0.2) is 30.6 Å². The van der Waals surface area contributed by atoms with Crippen molar-refractivity contribution in [2.75, 3.05) is 0 Å². The fourth-order valence-electron chi connectivity index (χ4n) is 1.16. The van der Waals surface area contributed by atoms with Gasteiger partial charge in [-0.1, -0.05) is 0 Å². The van der Waals surface area contributed by atoms with Gasteiger partial charge in [-0.15, -0.1) is 0 Å². The van der Waals surface area contributed by atoms with Gasteiger partial charge in [0.2, 0.25) is 0 Å². The fraction of sp³-hybridized carbons (Fsp3) is 0. The van der Waals surface area contributed by atoms with Crippen molar-refractivity contribution in [3.05, 3.63) is 30.6 Å². The summed E-state index contributed by atoms with van der Waals surface area (Å²) in [6.45, 7) is 0. The molecule has 0 fully saturated rings. The molecule has 0 saturated heterocycles. The summed E-state index contributed by atoms with van der Waals surface area (Å²) < 4.78 is 23.0. The lowest BCUT2D eigenvalue weighted by Gasteiger charge is -1.99. The molecule has 2 heterocycles. The monoisotopic (exact) mass is 197 g/mol. The molecule has 5 nitrogen and oxygen atoms in total. The van der Waals surface area contributed by atoms with Crippen LogP contribution in [0.4, 0.5) is 0 Å². The summed E-state index contributed by atoms with van der Waals surface area (Å²) in [5, 5.41) is 4.97. The summed E-state index contributed by atoms with van der Waals surface area (Å²) in [6, 6.07) is 4.90. The zero-order valence-corrected chi connectivity index (χ0v) is 7.40. The van der Waals surface area contributed by atoms with E-state index >= 15 is 0 Å². The maximum absolute atomic E-state index is 11.0. The highest BCUT2D eigenvalue weighted by Crippen LogP contribution is 2.12. The number of fused-ring (bicyclic) bond motifs is 1. The molecule has 0 bridgehead atoms. The standard InChI is InChI=1S/C7H7N3O2S/c8-13(11,12)10-5-3-6-7(10)2-1-4-9-6/h1-5H,(H2,8,11,12). The molecule has 0 radical (unpaired) electrons. The van der Waals surface area contributed by atoms with E-state index < -0.39 is 10.2 Å². The van der Waals surface area contributed by atoms with Crippen LogP contribution in [0.3, 0.4) is 0 Å². The Bertz CT molecular complexity index is 544. The van der Waals surface area contributed by atoms with Crippen LogP contribution < -0.4 is 5.14 Å². The Labute approximate surface area is 75.0 Å². The van der Waals surface area contributed by atoms with Crippen molar-refractivity contribution in [2.45, 2.75) is 0 Å². The number of hydrogen-bond donors (Lipinski definition) is 1. The second-order valence-electron chi connectivity index (χ2n) is 2.56. The Morgan fingerprint density at radius 3 is 2.85 bits per heavy atom. The molecule has 0 spiro atoms.